The lowest BCUT2D eigenvalue weighted by molar-refractivity contribution is 0.263. The van der Waals surface area contributed by atoms with Crippen molar-refractivity contribution in [2.75, 3.05) is 34.9 Å². The quantitative estimate of drug-likeness (QED) is 0.837. The van der Waals surface area contributed by atoms with Gasteiger partial charge in [0.25, 0.3) is 0 Å². The standard InChI is InChI=1S/C14H24N2O2/c1-10(13(9-15)16(2)3)12-8-11(17-4)6-7-14(12)18-5/h6-8,10,13H,9,15H2,1-5H3. The predicted octanol–water partition coefficient (Wildman–Crippen LogP) is 1.70. The highest BCUT2D eigenvalue weighted by Gasteiger charge is 2.22. The normalized spacial score (nSPS) is 14.4. The fourth-order valence-corrected chi connectivity index (χ4v) is 2.26. The van der Waals surface area contributed by atoms with Gasteiger partial charge in [0.2, 0.25) is 0 Å². The van der Waals surface area contributed by atoms with Crippen LogP contribution in [0.15, 0.2) is 18.2 Å². The molecule has 4 heteroatoms. The minimum absolute atomic E-state index is 0.269. The van der Waals surface area contributed by atoms with Crippen LogP contribution in [0.1, 0.15) is 18.4 Å². The first-order valence-electron chi connectivity index (χ1n) is 6.13. The van der Waals surface area contributed by atoms with E-state index in [1.165, 1.54) is 0 Å². The second-order valence-corrected chi connectivity index (χ2v) is 4.66. The van der Waals surface area contributed by atoms with Crippen molar-refractivity contribution in [3.8, 4) is 11.5 Å². The number of hydrogen-bond donors (Lipinski definition) is 1. The van der Waals surface area contributed by atoms with Gasteiger partial charge in [-0.2, -0.15) is 0 Å². The number of rotatable bonds is 6. The molecule has 0 aliphatic carbocycles. The highest BCUT2D eigenvalue weighted by atomic mass is 16.5. The Labute approximate surface area is 110 Å². The van der Waals surface area contributed by atoms with E-state index in [2.05, 4.69) is 11.8 Å². The SMILES string of the molecule is COc1ccc(OC)c(C(C)C(CN)N(C)C)c1. The molecule has 4 nitrogen and oxygen atoms in total. The lowest BCUT2D eigenvalue weighted by Gasteiger charge is -2.30. The Bertz CT molecular complexity index is 380. The van der Waals surface area contributed by atoms with Gasteiger partial charge in [-0.15, -0.1) is 0 Å². The van der Waals surface area contributed by atoms with E-state index in [0.717, 1.165) is 17.1 Å². The first kappa shape index (κ1) is 14.8. The van der Waals surface area contributed by atoms with Gasteiger partial charge in [0.05, 0.1) is 14.2 Å². The van der Waals surface area contributed by atoms with Crippen LogP contribution >= 0.6 is 0 Å². The maximum Gasteiger partial charge on any atom is 0.122 e. The molecule has 0 bridgehead atoms. The van der Waals surface area contributed by atoms with Crippen LogP contribution in [0.5, 0.6) is 11.5 Å². The minimum Gasteiger partial charge on any atom is -0.497 e. The van der Waals surface area contributed by atoms with E-state index in [4.69, 9.17) is 15.2 Å². The van der Waals surface area contributed by atoms with E-state index in [1.807, 2.05) is 32.3 Å². The molecule has 2 unspecified atom stereocenters. The van der Waals surface area contributed by atoms with Crippen LogP contribution < -0.4 is 15.2 Å². The average molecular weight is 252 g/mol. The van der Waals surface area contributed by atoms with Crippen molar-refractivity contribution < 1.29 is 9.47 Å². The maximum atomic E-state index is 5.86. The topological polar surface area (TPSA) is 47.7 Å². The summed E-state index contributed by atoms with van der Waals surface area (Å²) >= 11 is 0. The van der Waals surface area contributed by atoms with Gasteiger partial charge in [0, 0.05) is 24.1 Å². The molecule has 1 aromatic rings. The summed E-state index contributed by atoms with van der Waals surface area (Å²) in [6, 6.07) is 6.14. The summed E-state index contributed by atoms with van der Waals surface area (Å²) < 4.78 is 10.7. The van der Waals surface area contributed by atoms with Gasteiger partial charge in [-0.1, -0.05) is 6.92 Å². The van der Waals surface area contributed by atoms with Crippen LogP contribution in [0.2, 0.25) is 0 Å². The summed E-state index contributed by atoms with van der Waals surface area (Å²) in [6.07, 6.45) is 0. The van der Waals surface area contributed by atoms with Crippen LogP contribution in [0, 0.1) is 0 Å². The lowest BCUT2D eigenvalue weighted by atomic mass is 9.91. The summed E-state index contributed by atoms with van der Waals surface area (Å²) in [7, 11) is 7.44. The zero-order valence-electron chi connectivity index (χ0n) is 11.9. The van der Waals surface area contributed by atoms with Gasteiger partial charge < -0.3 is 20.1 Å². The van der Waals surface area contributed by atoms with Crippen molar-refractivity contribution in [3.05, 3.63) is 23.8 Å². The number of nitrogens with two attached hydrogens (primary N) is 1. The molecule has 0 heterocycles. The Morgan fingerprint density at radius 3 is 2.33 bits per heavy atom. The highest BCUT2D eigenvalue weighted by molar-refractivity contribution is 5.43. The summed E-state index contributed by atoms with van der Waals surface area (Å²) in [4.78, 5) is 2.14. The Balaban J connectivity index is 3.12. The van der Waals surface area contributed by atoms with Gasteiger partial charge in [-0.25, -0.2) is 0 Å². The van der Waals surface area contributed by atoms with E-state index < -0.39 is 0 Å². The van der Waals surface area contributed by atoms with Crippen LogP contribution in [-0.4, -0.2) is 45.8 Å². The van der Waals surface area contributed by atoms with Gasteiger partial charge in [0.15, 0.2) is 0 Å². The Morgan fingerprint density at radius 1 is 1.22 bits per heavy atom. The van der Waals surface area contributed by atoms with Crippen molar-refractivity contribution in [1.82, 2.24) is 4.90 Å². The number of nitrogens with zero attached hydrogens (tertiary/aromatic N) is 1. The summed E-state index contributed by atoms with van der Waals surface area (Å²) in [6.45, 7) is 2.77. The Hall–Kier alpha value is -1.26. The van der Waals surface area contributed by atoms with E-state index in [0.29, 0.717) is 6.54 Å². The molecule has 1 aromatic carbocycles. The molecule has 0 saturated carbocycles. The molecule has 1 rings (SSSR count). The first-order valence-corrected chi connectivity index (χ1v) is 6.13. The largest absolute Gasteiger partial charge is 0.497 e. The molecular formula is C14H24N2O2. The van der Waals surface area contributed by atoms with Crippen LogP contribution in [0.3, 0.4) is 0 Å². The molecule has 0 radical (unpaired) electrons. The molecule has 0 amide bonds. The fourth-order valence-electron chi connectivity index (χ4n) is 2.26. The monoisotopic (exact) mass is 252 g/mol. The fraction of sp³-hybridized carbons (Fsp3) is 0.571. The van der Waals surface area contributed by atoms with Crippen molar-refractivity contribution >= 4 is 0 Å². The first-order chi connectivity index (χ1) is 8.54. The molecule has 0 fully saturated rings. The molecule has 0 spiro atoms. The van der Waals surface area contributed by atoms with Crippen molar-refractivity contribution in [2.24, 2.45) is 5.73 Å². The molecule has 2 N–H and O–H groups in total. The molecule has 0 aromatic heterocycles. The summed E-state index contributed by atoms with van der Waals surface area (Å²) in [5, 5.41) is 0. The smallest absolute Gasteiger partial charge is 0.122 e. The third-order valence-electron chi connectivity index (χ3n) is 3.41. The van der Waals surface area contributed by atoms with Crippen molar-refractivity contribution in [1.29, 1.82) is 0 Å². The van der Waals surface area contributed by atoms with Crippen molar-refractivity contribution in [2.45, 2.75) is 18.9 Å². The molecule has 0 aliphatic rings. The average Bonchev–Trinajstić information content (AvgIpc) is 2.38. The lowest BCUT2D eigenvalue weighted by Crippen LogP contribution is -2.39. The maximum absolute atomic E-state index is 5.86. The van der Waals surface area contributed by atoms with E-state index in [9.17, 15) is 0 Å². The van der Waals surface area contributed by atoms with E-state index >= 15 is 0 Å². The third kappa shape index (κ3) is 3.15. The number of ether oxygens (including phenoxy) is 2. The number of hydrogen-bond acceptors (Lipinski definition) is 4. The molecule has 0 aliphatic heterocycles. The second kappa shape index (κ2) is 6.61. The molecule has 2 atom stereocenters. The molecule has 102 valence electrons. The van der Waals surface area contributed by atoms with E-state index in [1.54, 1.807) is 14.2 Å². The van der Waals surface area contributed by atoms with Gasteiger partial charge in [0.1, 0.15) is 11.5 Å². The summed E-state index contributed by atoms with van der Waals surface area (Å²) in [5.41, 5.74) is 6.99. The second-order valence-electron chi connectivity index (χ2n) is 4.66. The number of benzene rings is 1. The Kier molecular flexibility index (Phi) is 5.44. The number of likely N-dealkylation sites (N-methyl/N-ethyl adjacent to an activating group) is 1. The van der Waals surface area contributed by atoms with Gasteiger partial charge in [-0.05, 0) is 32.3 Å². The zero-order chi connectivity index (χ0) is 13.7. The summed E-state index contributed by atoms with van der Waals surface area (Å²) in [5.74, 6) is 1.99. The van der Waals surface area contributed by atoms with Crippen LogP contribution in [0.25, 0.3) is 0 Å². The van der Waals surface area contributed by atoms with Crippen LogP contribution in [0.4, 0.5) is 0 Å². The molecular weight excluding hydrogens is 228 g/mol. The zero-order valence-corrected chi connectivity index (χ0v) is 11.9. The minimum atomic E-state index is 0.269. The predicted molar refractivity (Wildman–Crippen MR) is 74.5 cm³/mol. The molecule has 0 saturated heterocycles. The van der Waals surface area contributed by atoms with Gasteiger partial charge >= 0.3 is 0 Å². The Morgan fingerprint density at radius 2 is 1.89 bits per heavy atom. The van der Waals surface area contributed by atoms with E-state index in [-0.39, 0.29) is 12.0 Å². The molecule has 18 heavy (non-hydrogen) atoms. The van der Waals surface area contributed by atoms with Gasteiger partial charge in [-0.3, -0.25) is 0 Å². The van der Waals surface area contributed by atoms with Crippen molar-refractivity contribution in [3.63, 3.8) is 0 Å². The number of methoxy groups -OCH3 is 2. The highest BCUT2D eigenvalue weighted by Crippen LogP contribution is 2.33. The third-order valence-corrected chi connectivity index (χ3v) is 3.41. The van der Waals surface area contributed by atoms with Crippen LogP contribution in [-0.2, 0) is 0 Å².